The molecule has 8 nitrogen and oxygen atoms in total. The predicted octanol–water partition coefficient (Wildman–Crippen LogP) is 0.696. The van der Waals surface area contributed by atoms with Gasteiger partial charge >= 0.3 is 0 Å². The summed E-state index contributed by atoms with van der Waals surface area (Å²) < 4.78 is 1.57. The zero-order chi connectivity index (χ0) is 15.5. The molecule has 0 amide bonds. The smallest absolute Gasteiger partial charge is 0.257 e. The highest BCUT2D eigenvalue weighted by atomic mass is 16.3. The number of likely N-dealkylation sites (N-methyl/N-ethyl adjacent to an activating group) is 1. The van der Waals surface area contributed by atoms with Gasteiger partial charge in [-0.2, -0.15) is 20.1 Å². The Hall–Kier alpha value is -2.22. The lowest BCUT2D eigenvalue weighted by Gasteiger charge is -2.25. The second-order valence-electron chi connectivity index (χ2n) is 5.41. The van der Waals surface area contributed by atoms with Crippen LogP contribution in [0.15, 0.2) is 18.5 Å². The van der Waals surface area contributed by atoms with Crippen molar-refractivity contribution < 1.29 is 5.11 Å². The molecule has 0 aliphatic heterocycles. The monoisotopic (exact) mass is 291 g/mol. The molecule has 2 aromatic rings. The SMILES string of the molecule is CCNc1nc(N(C)CC(C)(C)O)nc(-n2cccn2)n1. The number of hydrogen-bond donors (Lipinski definition) is 2. The van der Waals surface area contributed by atoms with Crippen LogP contribution in [-0.2, 0) is 0 Å². The summed E-state index contributed by atoms with van der Waals surface area (Å²) in [7, 11) is 1.83. The summed E-state index contributed by atoms with van der Waals surface area (Å²) in [5, 5.41) is 17.1. The molecule has 2 rings (SSSR count). The van der Waals surface area contributed by atoms with E-state index in [0.717, 1.165) is 0 Å². The van der Waals surface area contributed by atoms with Crippen LogP contribution in [0.3, 0.4) is 0 Å². The minimum absolute atomic E-state index is 0.404. The number of rotatable bonds is 6. The third kappa shape index (κ3) is 4.12. The maximum atomic E-state index is 9.93. The highest BCUT2D eigenvalue weighted by Crippen LogP contribution is 2.14. The number of aliphatic hydroxyl groups is 1. The van der Waals surface area contributed by atoms with Crippen molar-refractivity contribution in [3.63, 3.8) is 0 Å². The molecular formula is C13H21N7O. The Morgan fingerprint density at radius 3 is 2.67 bits per heavy atom. The fourth-order valence-corrected chi connectivity index (χ4v) is 1.90. The van der Waals surface area contributed by atoms with Gasteiger partial charge in [-0.15, -0.1) is 0 Å². The van der Waals surface area contributed by atoms with Crippen molar-refractivity contribution in [2.24, 2.45) is 0 Å². The second-order valence-corrected chi connectivity index (χ2v) is 5.41. The predicted molar refractivity (Wildman–Crippen MR) is 80.7 cm³/mol. The third-order valence-electron chi connectivity index (χ3n) is 2.62. The van der Waals surface area contributed by atoms with Gasteiger partial charge in [-0.25, -0.2) is 4.68 Å². The molecule has 2 aromatic heterocycles. The first-order valence-electron chi connectivity index (χ1n) is 6.82. The average molecular weight is 291 g/mol. The molecule has 0 saturated carbocycles. The van der Waals surface area contributed by atoms with E-state index in [1.54, 1.807) is 41.9 Å². The van der Waals surface area contributed by atoms with E-state index in [2.05, 4.69) is 25.4 Å². The van der Waals surface area contributed by atoms with Gasteiger partial charge in [0.05, 0.1) is 5.60 Å². The summed E-state index contributed by atoms with van der Waals surface area (Å²) >= 11 is 0. The van der Waals surface area contributed by atoms with E-state index in [4.69, 9.17) is 0 Å². The lowest BCUT2D eigenvalue weighted by Crippen LogP contribution is -2.37. The van der Waals surface area contributed by atoms with Crippen LogP contribution in [0.4, 0.5) is 11.9 Å². The van der Waals surface area contributed by atoms with Gasteiger partial charge in [0.15, 0.2) is 0 Å². The van der Waals surface area contributed by atoms with Crippen LogP contribution in [0.1, 0.15) is 20.8 Å². The van der Waals surface area contributed by atoms with E-state index in [1.807, 2.05) is 14.0 Å². The van der Waals surface area contributed by atoms with Gasteiger partial charge in [-0.1, -0.05) is 0 Å². The van der Waals surface area contributed by atoms with Crippen LogP contribution in [0, 0.1) is 0 Å². The van der Waals surface area contributed by atoms with Gasteiger partial charge in [-0.3, -0.25) is 0 Å². The van der Waals surface area contributed by atoms with E-state index in [-0.39, 0.29) is 0 Å². The van der Waals surface area contributed by atoms with Crippen molar-refractivity contribution in [1.29, 1.82) is 0 Å². The third-order valence-corrected chi connectivity index (χ3v) is 2.62. The lowest BCUT2D eigenvalue weighted by molar-refractivity contribution is 0.0882. The Morgan fingerprint density at radius 1 is 1.33 bits per heavy atom. The number of nitrogens with zero attached hydrogens (tertiary/aromatic N) is 6. The fraction of sp³-hybridized carbons (Fsp3) is 0.538. The number of hydrogen-bond acceptors (Lipinski definition) is 7. The molecule has 0 aliphatic carbocycles. The van der Waals surface area contributed by atoms with E-state index in [0.29, 0.717) is 30.9 Å². The van der Waals surface area contributed by atoms with Crippen LogP contribution in [-0.4, -0.2) is 55.6 Å². The lowest BCUT2D eigenvalue weighted by atomic mass is 10.1. The number of aromatic nitrogens is 5. The maximum absolute atomic E-state index is 9.93. The number of nitrogens with one attached hydrogen (secondary N) is 1. The van der Waals surface area contributed by atoms with Crippen LogP contribution < -0.4 is 10.2 Å². The summed E-state index contributed by atoms with van der Waals surface area (Å²) in [5.74, 6) is 1.40. The largest absolute Gasteiger partial charge is 0.389 e. The highest BCUT2D eigenvalue weighted by molar-refractivity contribution is 5.39. The van der Waals surface area contributed by atoms with E-state index >= 15 is 0 Å². The fourth-order valence-electron chi connectivity index (χ4n) is 1.90. The molecule has 0 bridgehead atoms. The van der Waals surface area contributed by atoms with Crippen LogP contribution >= 0.6 is 0 Å². The highest BCUT2D eigenvalue weighted by Gasteiger charge is 2.19. The van der Waals surface area contributed by atoms with Gasteiger partial charge in [0.2, 0.25) is 11.9 Å². The first kappa shape index (κ1) is 15.2. The molecule has 2 heterocycles. The molecule has 21 heavy (non-hydrogen) atoms. The van der Waals surface area contributed by atoms with E-state index in [9.17, 15) is 5.11 Å². The summed E-state index contributed by atoms with van der Waals surface area (Å²) in [4.78, 5) is 14.9. The molecule has 0 unspecified atom stereocenters. The first-order valence-corrected chi connectivity index (χ1v) is 6.82. The Balaban J connectivity index is 2.36. The quantitative estimate of drug-likeness (QED) is 0.809. The van der Waals surface area contributed by atoms with Gasteiger partial charge in [0, 0.05) is 32.5 Å². The molecule has 0 radical (unpaired) electrons. The summed E-state index contributed by atoms with van der Waals surface area (Å²) in [6.45, 7) is 6.56. The molecule has 8 heteroatoms. The second kappa shape index (κ2) is 6.04. The van der Waals surface area contributed by atoms with Crippen molar-refractivity contribution >= 4 is 11.9 Å². The number of anilines is 2. The molecule has 0 saturated heterocycles. The van der Waals surface area contributed by atoms with Crippen molar-refractivity contribution in [1.82, 2.24) is 24.7 Å². The van der Waals surface area contributed by atoms with E-state index in [1.165, 1.54) is 0 Å². The molecule has 0 aromatic carbocycles. The minimum atomic E-state index is -0.842. The molecule has 0 spiro atoms. The summed E-state index contributed by atoms with van der Waals surface area (Å²) in [6.07, 6.45) is 3.43. The minimum Gasteiger partial charge on any atom is -0.389 e. The average Bonchev–Trinajstić information content (AvgIpc) is 2.90. The molecular weight excluding hydrogens is 270 g/mol. The van der Waals surface area contributed by atoms with Crippen LogP contribution in [0.5, 0.6) is 0 Å². The van der Waals surface area contributed by atoms with Gasteiger partial charge in [-0.05, 0) is 26.8 Å². The first-order chi connectivity index (χ1) is 9.89. The van der Waals surface area contributed by atoms with Crippen molar-refractivity contribution in [3.05, 3.63) is 18.5 Å². The van der Waals surface area contributed by atoms with Gasteiger partial charge < -0.3 is 15.3 Å². The van der Waals surface area contributed by atoms with Gasteiger partial charge in [0.1, 0.15) is 0 Å². The topological polar surface area (TPSA) is 92.0 Å². The van der Waals surface area contributed by atoms with Gasteiger partial charge in [0.25, 0.3) is 5.95 Å². The Kier molecular flexibility index (Phi) is 4.37. The van der Waals surface area contributed by atoms with Crippen LogP contribution in [0.2, 0.25) is 0 Å². The Morgan fingerprint density at radius 2 is 2.10 bits per heavy atom. The van der Waals surface area contributed by atoms with Crippen LogP contribution in [0.25, 0.3) is 5.95 Å². The maximum Gasteiger partial charge on any atom is 0.257 e. The van der Waals surface area contributed by atoms with Crippen molar-refractivity contribution in [3.8, 4) is 5.95 Å². The molecule has 114 valence electrons. The molecule has 0 atom stereocenters. The van der Waals surface area contributed by atoms with E-state index < -0.39 is 5.60 Å². The molecule has 0 aliphatic rings. The molecule has 2 N–H and O–H groups in total. The summed E-state index contributed by atoms with van der Waals surface area (Å²) in [5.41, 5.74) is -0.842. The zero-order valence-electron chi connectivity index (χ0n) is 12.8. The Bertz CT molecular complexity index is 577. The Labute approximate surface area is 123 Å². The normalized spacial score (nSPS) is 11.5. The zero-order valence-corrected chi connectivity index (χ0v) is 12.8. The molecule has 0 fully saturated rings. The standard InChI is InChI=1S/C13H21N7O/c1-5-14-10-16-11(19(4)9-13(2,3)21)18-12(17-10)20-8-6-7-15-20/h6-8,21H,5,9H2,1-4H3,(H,14,16,17,18). The van der Waals surface area contributed by atoms with Crippen molar-refractivity contribution in [2.45, 2.75) is 26.4 Å². The van der Waals surface area contributed by atoms with Crippen molar-refractivity contribution in [2.75, 3.05) is 30.4 Å². The summed E-state index contributed by atoms with van der Waals surface area (Å²) in [6, 6.07) is 1.80.